The van der Waals surface area contributed by atoms with Gasteiger partial charge in [0.05, 0.1) is 12.5 Å². The summed E-state index contributed by atoms with van der Waals surface area (Å²) in [5.41, 5.74) is 0. The van der Waals surface area contributed by atoms with E-state index in [2.05, 4.69) is 17.2 Å². The molecule has 3 N–H and O–H groups in total. The molecule has 0 aromatic heterocycles. The van der Waals surface area contributed by atoms with Gasteiger partial charge in [0.1, 0.15) is 0 Å². The molecule has 1 amide bonds. The van der Waals surface area contributed by atoms with Gasteiger partial charge in [-0.15, -0.1) is 6.58 Å². The van der Waals surface area contributed by atoms with Crippen molar-refractivity contribution in [1.82, 2.24) is 10.6 Å². The maximum absolute atomic E-state index is 11.5. The predicted molar refractivity (Wildman–Crippen MR) is 57.5 cm³/mol. The fourth-order valence-electron chi connectivity index (χ4n) is 1.11. The standard InChI is InChI=1S/C10H18N2O3/c1-3-5-8(11-4-2)10(15)12-7-6-9(13)14/h3,8,11H,1,4-7H2,2H3,(H,12,15)(H,13,14). The molecule has 0 bridgehead atoms. The molecule has 86 valence electrons. The van der Waals surface area contributed by atoms with E-state index in [1.807, 2.05) is 6.92 Å². The number of amides is 1. The second-order valence-corrected chi connectivity index (χ2v) is 3.07. The largest absolute Gasteiger partial charge is 0.481 e. The van der Waals surface area contributed by atoms with Crippen LogP contribution in [0.15, 0.2) is 12.7 Å². The first-order valence-electron chi connectivity index (χ1n) is 4.95. The molecule has 0 saturated carbocycles. The highest BCUT2D eigenvalue weighted by molar-refractivity contribution is 5.82. The van der Waals surface area contributed by atoms with Crippen molar-refractivity contribution < 1.29 is 14.7 Å². The van der Waals surface area contributed by atoms with Crippen molar-refractivity contribution in [1.29, 1.82) is 0 Å². The van der Waals surface area contributed by atoms with Gasteiger partial charge in [0.15, 0.2) is 0 Å². The Labute approximate surface area is 89.6 Å². The maximum atomic E-state index is 11.5. The van der Waals surface area contributed by atoms with Crippen molar-refractivity contribution in [2.75, 3.05) is 13.1 Å². The molecule has 0 spiro atoms. The number of carboxylic acid groups (broad SMARTS) is 1. The highest BCUT2D eigenvalue weighted by atomic mass is 16.4. The monoisotopic (exact) mass is 214 g/mol. The number of likely N-dealkylation sites (N-methyl/N-ethyl adjacent to an activating group) is 1. The van der Waals surface area contributed by atoms with Crippen LogP contribution < -0.4 is 10.6 Å². The van der Waals surface area contributed by atoms with Gasteiger partial charge in [-0.25, -0.2) is 0 Å². The number of aliphatic carboxylic acids is 1. The van der Waals surface area contributed by atoms with Gasteiger partial charge in [-0.05, 0) is 13.0 Å². The van der Waals surface area contributed by atoms with Gasteiger partial charge >= 0.3 is 5.97 Å². The normalized spacial score (nSPS) is 11.8. The van der Waals surface area contributed by atoms with Gasteiger partial charge in [-0.1, -0.05) is 13.0 Å². The number of carboxylic acids is 1. The minimum atomic E-state index is -0.918. The zero-order chi connectivity index (χ0) is 11.7. The van der Waals surface area contributed by atoms with E-state index in [-0.39, 0.29) is 24.9 Å². The first-order chi connectivity index (χ1) is 7.11. The molecule has 0 aromatic rings. The van der Waals surface area contributed by atoms with Crippen LogP contribution in [0.5, 0.6) is 0 Å². The van der Waals surface area contributed by atoms with Gasteiger partial charge in [-0.2, -0.15) is 0 Å². The summed E-state index contributed by atoms with van der Waals surface area (Å²) in [4.78, 5) is 21.7. The Hall–Kier alpha value is -1.36. The van der Waals surface area contributed by atoms with E-state index in [9.17, 15) is 9.59 Å². The number of carbonyl (C=O) groups excluding carboxylic acids is 1. The van der Waals surface area contributed by atoms with Gasteiger partial charge < -0.3 is 15.7 Å². The van der Waals surface area contributed by atoms with Crippen LogP contribution in [-0.4, -0.2) is 36.1 Å². The molecule has 0 rings (SSSR count). The molecule has 5 nitrogen and oxygen atoms in total. The predicted octanol–water partition coefficient (Wildman–Crippen LogP) is 0.132. The lowest BCUT2D eigenvalue weighted by Gasteiger charge is -2.15. The molecule has 0 aliphatic rings. The summed E-state index contributed by atoms with van der Waals surface area (Å²) < 4.78 is 0. The van der Waals surface area contributed by atoms with Crippen LogP contribution in [0.3, 0.4) is 0 Å². The Kier molecular flexibility index (Phi) is 7.27. The van der Waals surface area contributed by atoms with Crippen molar-refractivity contribution in [3.8, 4) is 0 Å². The molecule has 5 heteroatoms. The van der Waals surface area contributed by atoms with Crippen LogP contribution in [0.25, 0.3) is 0 Å². The lowest BCUT2D eigenvalue weighted by Crippen LogP contribution is -2.44. The minimum Gasteiger partial charge on any atom is -0.481 e. The van der Waals surface area contributed by atoms with Crippen molar-refractivity contribution in [3.05, 3.63) is 12.7 Å². The smallest absolute Gasteiger partial charge is 0.305 e. The molecule has 0 aromatic carbocycles. The Morgan fingerprint density at radius 1 is 1.53 bits per heavy atom. The average molecular weight is 214 g/mol. The van der Waals surface area contributed by atoms with Crippen molar-refractivity contribution in [2.45, 2.75) is 25.8 Å². The van der Waals surface area contributed by atoms with Crippen LogP contribution in [0, 0.1) is 0 Å². The van der Waals surface area contributed by atoms with E-state index in [1.54, 1.807) is 6.08 Å². The molecule has 0 aliphatic carbocycles. The Bertz CT molecular complexity index is 229. The third-order valence-corrected chi connectivity index (χ3v) is 1.81. The zero-order valence-corrected chi connectivity index (χ0v) is 8.95. The first kappa shape index (κ1) is 13.6. The maximum Gasteiger partial charge on any atom is 0.305 e. The third kappa shape index (κ3) is 6.68. The topological polar surface area (TPSA) is 78.4 Å². The molecular formula is C10H18N2O3. The van der Waals surface area contributed by atoms with Gasteiger partial charge in [0, 0.05) is 6.54 Å². The van der Waals surface area contributed by atoms with Crippen LogP contribution in [-0.2, 0) is 9.59 Å². The zero-order valence-electron chi connectivity index (χ0n) is 8.95. The summed E-state index contributed by atoms with van der Waals surface area (Å²) >= 11 is 0. The van der Waals surface area contributed by atoms with E-state index in [1.165, 1.54) is 0 Å². The average Bonchev–Trinajstić information content (AvgIpc) is 2.16. The fraction of sp³-hybridized carbons (Fsp3) is 0.600. The molecule has 15 heavy (non-hydrogen) atoms. The summed E-state index contributed by atoms with van der Waals surface area (Å²) in [6.07, 6.45) is 2.13. The molecule has 0 heterocycles. The molecule has 0 fully saturated rings. The fourth-order valence-corrected chi connectivity index (χ4v) is 1.11. The van der Waals surface area contributed by atoms with Crippen LogP contribution in [0.2, 0.25) is 0 Å². The van der Waals surface area contributed by atoms with Gasteiger partial charge in [0.2, 0.25) is 5.91 Å². The number of carbonyl (C=O) groups is 2. The second-order valence-electron chi connectivity index (χ2n) is 3.07. The summed E-state index contributed by atoms with van der Waals surface area (Å²) in [7, 11) is 0. The summed E-state index contributed by atoms with van der Waals surface area (Å²) in [6, 6.07) is -0.318. The van der Waals surface area contributed by atoms with E-state index in [0.29, 0.717) is 13.0 Å². The molecule has 0 aliphatic heterocycles. The molecule has 1 unspecified atom stereocenters. The SMILES string of the molecule is C=CCC(NCC)C(=O)NCCC(=O)O. The summed E-state index contributed by atoms with van der Waals surface area (Å²) in [5.74, 6) is -1.10. The van der Waals surface area contributed by atoms with E-state index in [4.69, 9.17) is 5.11 Å². The summed E-state index contributed by atoms with van der Waals surface area (Å²) in [6.45, 7) is 6.31. The van der Waals surface area contributed by atoms with Crippen molar-refractivity contribution in [2.24, 2.45) is 0 Å². The van der Waals surface area contributed by atoms with Crippen LogP contribution in [0.1, 0.15) is 19.8 Å². The quantitative estimate of drug-likeness (QED) is 0.502. The van der Waals surface area contributed by atoms with Crippen molar-refractivity contribution in [3.63, 3.8) is 0 Å². The minimum absolute atomic E-state index is 0.0569. The van der Waals surface area contributed by atoms with Gasteiger partial charge in [0.25, 0.3) is 0 Å². The highest BCUT2D eigenvalue weighted by Crippen LogP contribution is 1.93. The lowest BCUT2D eigenvalue weighted by molar-refractivity contribution is -0.137. The number of hydrogen-bond acceptors (Lipinski definition) is 3. The number of rotatable bonds is 8. The van der Waals surface area contributed by atoms with E-state index < -0.39 is 5.97 Å². The van der Waals surface area contributed by atoms with Gasteiger partial charge in [-0.3, -0.25) is 9.59 Å². The van der Waals surface area contributed by atoms with E-state index >= 15 is 0 Å². The highest BCUT2D eigenvalue weighted by Gasteiger charge is 2.14. The van der Waals surface area contributed by atoms with E-state index in [0.717, 1.165) is 0 Å². The Morgan fingerprint density at radius 3 is 2.67 bits per heavy atom. The van der Waals surface area contributed by atoms with Crippen LogP contribution >= 0.6 is 0 Å². The Balaban J connectivity index is 3.90. The molecular weight excluding hydrogens is 196 g/mol. The second kappa shape index (κ2) is 7.99. The molecule has 0 saturated heterocycles. The summed E-state index contributed by atoms with van der Waals surface area (Å²) in [5, 5.41) is 13.9. The Morgan fingerprint density at radius 2 is 2.20 bits per heavy atom. The lowest BCUT2D eigenvalue weighted by atomic mass is 10.2. The molecule has 0 radical (unpaired) electrons. The number of nitrogens with one attached hydrogen (secondary N) is 2. The van der Waals surface area contributed by atoms with Crippen LogP contribution in [0.4, 0.5) is 0 Å². The van der Waals surface area contributed by atoms with Crippen molar-refractivity contribution >= 4 is 11.9 Å². The third-order valence-electron chi connectivity index (χ3n) is 1.81. The first-order valence-corrected chi connectivity index (χ1v) is 4.95. The number of hydrogen-bond donors (Lipinski definition) is 3. The molecule has 1 atom stereocenters.